The van der Waals surface area contributed by atoms with Crippen molar-refractivity contribution in [1.29, 1.82) is 0 Å². The number of nitrogens with one attached hydrogen (secondary N) is 1. The van der Waals surface area contributed by atoms with Gasteiger partial charge in [0.05, 0.1) is 5.69 Å². The standard InChI is InChI=1S/C12H13BrN2OS/c1-2-15-7-10(3-4-12(15)16)14-6-11-5-9(13)8-17-11/h3-5,7-8,14H,2,6H2,1H3. The molecule has 2 rings (SSSR count). The summed E-state index contributed by atoms with van der Waals surface area (Å²) in [7, 11) is 0. The number of hydrogen-bond donors (Lipinski definition) is 1. The summed E-state index contributed by atoms with van der Waals surface area (Å²) in [5.74, 6) is 0. The first-order chi connectivity index (χ1) is 8.19. The summed E-state index contributed by atoms with van der Waals surface area (Å²) in [5.41, 5.74) is 1.01. The Kier molecular flexibility index (Phi) is 4.02. The van der Waals surface area contributed by atoms with E-state index in [4.69, 9.17) is 0 Å². The third-order valence-corrected chi connectivity index (χ3v) is 4.11. The summed E-state index contributed by atoms with van der Waals surface area (Å²) in [4.78, 5) is 12.7. The van der Waals surface area contributed by atoms with E-state index in [2.05, 4.69) is 32.7 Å². The third kappa shape index (κ3) is 3.20. The van der Waals surface area contributed by atoms with Crippen molar-refractivity contribution in [3.63, 3.8) is 0 Å². The Morgan fingerprint density at radius 2 is 2.29 bits per heavy atom. The highest BCUT2D eigenvalue weighted by Gasteiger charge is 1.99. The Morgan fingerprint density at radius 1 is 1.47 bits per heavy atom. The van der Waals surface area contributed by atoms with Crippen molar-refractivity contribution >= 4 is 33.0 Å². The molecule has 2 aromatic rings. The minimum absolute atomic E-state index is 0.0388. The fraction of sp³-hybridized carbons (Fsp3) is 0.250. The second-order valence-electron chi connectivity index (χ2n) is 3.63. The molecular formula is C12H13BrN2OS. The van der Waals surface area contributed by atoms with Crippen LogP contribution in [0.25, 0.3) is 0 Å². The average Bonchev–Trinajstić information content (AvgIpc) is 2.74. The molecule has 5 heteroatoms. The predicted octanol–water partition coefficient (Wildman–Crippen LogP) is 3.30. The first-order valence-corrected chi connectivity index (χ1v) is 7.03. The number of thiophene rings is 1. The van der Waals surface area contributed by atoms with Gasteiger partial charge in [-0.05, 0) is 35.0 Å². The summed E-state index contributed by atoms with van der Waals surface area (Å²) in [6.07, 6.45) is 1.85. The molecule has 1 N–H and O–H groups in total. The third-order valence-electron chi connectivity index (χ3n) is 2.41. The van der Waals surface area contributed by atoms with Crippen LogP contribution in [0.3, 0.4) is 0 Å². The SMILES string of the molecule is CCn1cc(NCc2cc(Br)cs2)ccc1=O. The van der Waals surface area contributed by atoms with Crippen molar-refractivity contribution in [2.45, 2.75) is 20.0 Å². The Hall–Kier alpha value is -1.07. The highest BCUT2D eigenvalue weighted by molar-refractivity contribution is 9.10. The molecule has 17 heavy (non-hydrogen) atoms. The highest BCUT2D eigenvalue weighted by Crippen LogP contribution is 2.20. The first-order valence-electron chi connectivity index (χ1n) is 5.36. The molecule has 0 radical (unpaired) electrons. The molecule has 2 aromatic heterocycles. The quantitative estimate of drug-likeness (QED) is 0.940. The summed E-state index contributed by atoms with van der Waals surface area (Å²) >= 11 is 5.13. The lowest BCUT2D eigenvalue weighted by molar-refractivity contribution is 0.728. The molecule has 0 saturated carbocycles. The van der Waals surface area contributed by atoms with Crippen molar-refractivity contribution < 1.29 is 0 Å². The van der Waals surface area contributed by atoms with Gasteiger partial charge >= 0.3 is 0 Å². The molecule has 0 aliphatic rings. The van der Waals surface area contributed by atoms with E-state index in [1.807, 2.05) is 19.2 Å². The molecule has 3 nitrogen and oxygen atoms in total. The number of pyridine rings is 1. The molecule has 0 amide bonds. The van der Waals surface area contributed by atoms with Gasteiger partial charge in [-0.25, -0.2) is 0 Å². The molecule has 0 aliphatic heterocycles. The van der Waals surface area contributed by atoms with Crippen molar-refractivity contribution in [2.75, 3.05) is 5.32 Å². The van der Waals surface area contributed by atoms with Crippen molar-refractivity contribution in [3.8, 4) is 0 Å². The van der Waals surface area contributed by atoms with E-state index in [1.54, 1.807) is 22.0 Å². The van der Waals surface area contributed by atoms with E-state index in [1.165, 1.54) is 4.88 Å². The molecule has 0 bridgehead atoms. The lowest BCUT2D eigenvalue weighted by atomic mass is 10.4. The number of halogens is 1. The zero-order valence-electron chi connectivity index (χ0n) is 9.44. The topological polar surface area (TPSA) is 34.0 Å². The monoisotopic (exact) mass is 312 g/mol. The molecule has 0 spiro atoms. The van der Waals surface area contributed by atoms with Gasteiger partial charge in [-0.15, -0.1) is 11.3 Å². The maximum Gasteiger partial charge on any atom is 0.250 e. The second kappa shape index (κ2) is 5.51. The molecule has 0 atom stereocenters. The summed E-state index contributed by atoms with van der Waals surface area (Å²) < 4.78 is 2.80. The van der Waals surface area contributed by atoms with E-state index in [0.29, 0.717) is 6.54 Å². The van der Waals surface area contributed by atoms with E-state index in [-0.39, 0.29) is 5.56 Å². The van der Waals surface area contributed by atoms with Gasteiger partial charge in [-0.2, -0.15) is 0 Å². The molecular weight excluding hydrogens is 300 g/mol. The molecule has 0 aromatic carbocycles. The van der Waals surface area contributed by atoms with Crippen LogP contribution in [0, 0.1) is 0 Å². The Labute approximate surface area is 112 Å². The van der Waals surface area contributed by atoms with Gasteiger partial charge in [-0.3, -0.25) is 4.79 Å². The van der Waals surface area contributed by atoms with Gasteiger partial charge in [0.2, 0.25) is 0 Å². The van der Waals surface area contributed by atoms with Gasteiger partial charge in [-0.1, -0.05) is 0 Å². The minimum Gasteiger partial charge on any atom is -0.379 e. The van der Waals surface area contributed by atoms with E-state index in [9.17, 15) is 4.79 Å². The zero-order valence-corrected chi connectivity index (χ0v) is 11.8. The van der Waals surface area contributed by atoms with Crippen LogP contribution in [0.15, 0.2) is 39.0 Å². The van der Waals surface area contributed by atoms with Crippen LogP contribution in [0.5, 0.6) is 0 Å². The van der Waals surface area contributed by atoms with Crippen LogP contribution >= 0.6 is 27.3 Å². The molecule has 2 heterocycles. The molecule has 0 aliphatic carbocycles. The zero-order chi connectivity index (χ0) is 12.3. The first kappa shape index (κ1) is 12.4. The summed E-state index contributed by atoms with van der Waals surface area (Å²) in [6.45, 7) is 3.43. The van der Waals surface area contributed by atoms with Crippen LogP contribution < -0.4 is 10.9 Å². The fourth-order valence-electron chi connectivity index (χ4n) is 1.52. The van der Waals surface area contributed by atoms with Crippen LogP contribution in [0.2, 0.25) is 0 Å². The van der Waals surface area contributed by atoms with Gasteiger partial charge in [0.15, 0.2) is 0 Å². The minimum atomic E-state index is 0.0388. The number of nitrogens with zero attached hydrogens (tertiary/aromatic N) is 1. The molecule has 0 unspecified atom stereocenters. The molecule has 0 saturated heterocycles. The number of aryl methyl sites for hydroxylation is 1. The van der Waals surface area contributed by atoms with Crippen LogP contribution in [-0.4, -0.2) is 4.57 Å². The Morgan fingerprint density at radius 3 is 2.94 bits per heavy atom. The summed E-state index contributed by atoms with van der Waals surface area (Å²) in [6, 6.07) is 5.50. The molecule has 90 valence electrons. The van der Waals surface area contributed by atoms with Crippen LogP contribution in [0.4, 0.5) is 5.69 Å². The van der Waals surface area contributed by atoms with E-state index >= 15 is 0 Å². The van der Waals surface area contributed by atoms with Gasteiger partial charge in [0.1, 0.15) is 0 Å². The van der Waals surface area contributed by atoms with Crippen molar-refractivity contribution in [2.24, 2.45) is 0 Å². The smallest absolute Gasteiger partial charge is 0.250 e. The number of anilines is 1. The predicted molar refractivity (Wildman–Crippen MR) is 75.7 cm³/mol. The number of rotatable bonds is 4. The Balaban J connectivity index is 2.06. The largest absolute Gasteiger partial charge is 0.379 e. The lowest BCUT2D eigenvalue weighted by Gasteiger charge is -2.07. The van der Waals surface area contributed by atoms with Gasteiger partial charge < -0.3 is 9.88 Å². The summed E-state index contributed by atoms with van der Waals surface area (Å²) in [5, 5.41) is 5.37. The number of hydrogen-bond acceptors (Lipinski definition) is 3. The molecule has 0 fully saturated rings. The van der Waals surface area contributed by atoms with Crippen molar-refractivity contribution in [3.05, 3.63) is 49.5 Å². The van der Waals surface area contributed by atoms with Gasteiger partial charge in [0.25, 0.3) is 5.56 Å². The van der Waals surface area contributed by atoms with Crippen molar-refractivity contribution in [1.82, 2.24) is 4.57 Å². The van der Waals surface area contributed by atoms with E-state index in [0.717, 1.165) is 16.7 Å². The maximum absolute atomic E-state index is 11.4. The fourth-order valence-corrected chi connectivity index (χ4v) is 2.91. The van der Waals surface area contributed by atoms with E-state index < -0.39 is 0 Å². The maximum atomic E-state index is 11.4. The number of aromatic nitrogens is 1. The highest BCUT2D eigenvalue weighted by atomic mass is 79.9. The lowest BCUT2D eigenvalue weighted by Crippen LogP contribution is -2.17. The second-order valence-corrected chi connectivity index (χ2v) is 5.54. The van der Waals surface area contributed by atoms with Crippen LogP contribution in [-0.2, 0) is 13.1 Å². The van der Waals surface area contributed by atoms with Gasteiger partial charge in [0, 0.05) is 40.1 Å². The Bertz CT molecular complexity index is 562. The average molecular weight is 313 g/mol. The normalized spacial score (nSPS) is 10.5. The van der Waals surface area contributed by atoms with Crippen LogP contribution in [0.1, 0.15) is 11.8 Å².